The van der Waals surface area contributed by atoms with Gasteiger partial charge in [0.25, 0.3) is 0 Å². The molecule has 23 heavy (non-hydrogen) atoms. The molecule has 5 heteroatoms. The Hall–Kier alpha value is -2.66. The lowest BCUT2D eigenvalue weighted by Gasteiger charge is -2.04. The number of carboxylic acids is 2. The highest BCUT2D eigenvalue weighted by atomic mass is 16.4. The molecule has 1 unspecified atom stereocenters. The SMILES string of the molecule is Cc1ccc(CC(C)N)cc1.O=C(O)c1cccc(C(=O)O)c1. The van der Waals surface area contributed by atoms with E-state index < -0.39 is 11.9 Å². The summed E-state index contributed by atoms with van der Waals surface area (Å²) < 4.78 is 0. The van der Waals surface area contributed by atoms with E-state index in [1.807, 2.05) is 6.92 Å². The molecule has 1 atom stereocenters. The van der Waals surface area contributed by atoms with Crippen molar-refractivity contribution in [2.45, 2.75) is 26.3 Å². The van der Waals surface area contributed by atoms with Gasteiger partial charge < -0.3 is 15.9 Å². The Labute approximate surface area is 135 Å². The first kappa shape index (κ1) is 18.4. The van der Waals surface area contributed by atoms with Gasteiger partial charge in [-0.25, -0.2) is 9.59 Å². The van der Waals surface area contributed by atoms with Gasteiger partial charge in [-0.15, -0.1) is 0 Å². The molecule has 0 aromatic heterocycles. The molecule has 2 aromatic carbocycles. The highest BCUT2D eigenvalue weighted by molar-refractivity contribution is 5.93. The van der Waals surface area contributed by atoms with Gasteiger partial charge in [0.1, 0.15) is 0 Å². The van der Waals surface area contributed by atoms with E-state index in [0.29, 0.717) is 0 Å². The third-order valence-electron chi connectivity index (χ3n) is 3.03. The van der Waals surface area contributed by atoms with Gasteiger partial charge in [-0.3, -0.25) is 0 Å². The van der Waals surface area contributed by atoms with Crippen molar-refractivity contribution in [1.29, 1.82) is 0 Å². The van der Waals surface area contributed by atoms with Crippen molar-refractivity contribution in [2.24, 2.45) is 5.73 Å². The van der Waals surface area contributed by atoms with E-state index in [1.54, 1.807) is 0 Å². The van der Waals surface area contributed by atoms with Gasteiger partial charge >= 0.3 is 11.9 Å². The van der Waals surface area contributed by atoms with Crippen molar-refractivity contribution in [3.63, 3.8) is 0 Å². The molecule has 0 aliphatic carbocycles. The maximum absolute atomic E-state index is 10.4. The molecule has 2 aromatic rings. The number of benzene rings is 2. The van der Waals surface area contributed by atoms with Crippen molar-refractivity contribution >= 4 is 11.9 Å². The van der Waals surface area contributed by atoms with E-state index in [1.165, 1.54) is 29.3 Å². The predicted octanol–water partition coefficient (Wildman–Crippen LogP) is 2.97. The minimum absolute atomic E-state index is 0.0186. The lowest BCUT2D eigenvalue weighted by Crippen LogP contribution is -2.17. The quantitative estimate of drug-likeness (QED) is 0.805. The van der Waals surface area contributed by atoms with Gasteiger partial charge in [-0.1, -0.05) is 35.9 Å². The van der Waals surface area contributed by atoms with Crippen LogP contribution in [0.2, 0.25) is 0 Å². The summed E-state index contributed by atoms with van der Waals surface area (Å²) in [7, 11) is 0. The van der Waals surface area contributed by atoms with Crippen molar-refractivity contribution in [1.82, 2.24) is 0 Å². The lowest BCUT2D eigenvalue weighted by molar-refractivity contribution is 0.0696. The van der Waals surface area contributed by atoms with Crippen LogP contribution in [0.1, 0.15) is 38.8 Å². The Bertz CT molecular complexity index is 634. The normalized spacial score (nSPS) is 11.1. The fourth-order valence-corrected chi connectivity index (χ4v) is 1.88. The van der Waals surface area contributed by atoms with Crippen LogP contribution in [0.4, 0.5) is 0 Å². The molecule has 0 saturated carbocycles. The molecule has 0 bridgehead atoms. The summed E-state index contributed by atoms with van der Waals surface area (Å²) in [5.41, 5.74) is 8.25. The summed E-state index contributed by atoms with van der Waals surface area (Å²) in [6.07, 6.45) is 0.972. The van der Waals surface area contributed by atoms with Crippen molar-refractivity contribution in [2.75, 3.05) is 0 Å². The molecule has 2 rings (SSSR count). The topological polar surface area (TPSA) is 101 Å². The summed E-state index contributed by atoms with van der Waals surface area (Å²) in [6, 6.07) is 14.0. The van der Waals surface area contributed by atoms with Gasteiger partial charge in [0.05, 0.1) is 11.1 Å². The Kier molecular flexibility index (Phi) is 6.96. The minimum Gasteiger partial charge on any atom is -0.478 e. The van der Waals surface area contributed by atoms with Crippen LogP contribution in [-0.2, 0) is 6.42 Å². The first-order chi connectivity index (χ1) is 10.8. The molecule has 0 aliphatic rings. The number of hydrogen-bond acceptors (Lipinski definition) is 3. The van der Waals surface area contributed by atoms with Crippen LogP contribution in [0, 0.1) is 6.92 Å². The fourth-order valence-electron chi connectivity index (χ4n) is 1.88. The monoisotopic (exact) mass is 315 g/mol. The van der Waals surface area contributed by atoms with Gasteiger partial charge in [0.15, 0.2) is 0 Å². The van der Waals surface area contributed by atoms with Crippen LogP contribution >= 0.6 is 0 Å². The predicted molar refractivity (Wildman–Crippen MR) is 88.9 cm³/mol. The van der Waals surface area contributed by atoms with Crippen LogP contribution in [0.15, 0.2) is 48.5 Å². The largest absolute Gasteiger partial charge is 0.478 e. The van der Waals surface area contributed by atoms with Crippen LogP contribution in [0.3, 0.4) is 0 Å². The number of rotatable bonds is 4. The van der Waals surface area contributed by atoms with Gasteiger partial charge in [-0.05, 0) is 44.0 Å². The molecular formula is C18H21NO4. The van der Waals surface area contributed by atoms with Crippen molar-refractivity contribution < 1.29 is 19.8 Å². The second kappa shape index (κ2) is 8.70. The number of carbonyl (C=O) groups is 2. The molecule has 0 saturated heterocycles. The molecule has 0 amide bonds. The second-order valence-electron chi connectivity index (χ2n) is 5.36. The number of aromatic carboxylic acids is 2. The second-order valence-corrected chi connectivity index (χ2v) is 5.36. The molecule has 0 spiro atoms. The van der Waals surface area contributed by atoms with Crippen LogP contribution < -0.4 is 5.73 Å². The third-order valence-corrected chi connectivity index (χ3v) is 3.03. The number of carboxylic acid groups (broad SMARTS) is 2. The average molecular weight is 315 g/mol. The molecule has 0 fully saturated rings. The van der Waals surface area contributed by atoms with E-state index in [4.69, 9.17) is 15.9 Å². The molecule has 122 valence electrons. The summed E-state index contributed by atoms with van der Waals surface area (Å²) >= 11 is 0. The highest BCUT2D eigenvalue weighted by Crippen LogP contribution is 2.05. The zero-order valence-electron chi connectivity index (χ0n) is 13.2. The van der Waals surface area contributed by atoms with Crippen LogP contribution in [-0.4, -0.2) is 28.2 Å². The lowest BCUT2D eigenvalue weighted by atomic mass is 10.1. The minimum atomic E-state index is -1.13. The highest BCUT2D eigenvalue weighted by Gasteiger charge is 2.06. The zero-order chi connectivity index (χ0) is 17.4. The summed E-state index contributed by atoms with van der Waals surface area (Å²) in [6.45, 7) is 4.12. The third kappa shape index (κ3) is 6.76. The Morgan fingerprint density at radius 1 is 1.00 bits per heavy atom. The summed E-state index contributed by atoms with van der Waals surface area (Å²) in [4.78, 5) is 20.8. The van der Waals surface area contributed by atoms with Gasteiger partial charge in [0, 0.05) is 6.04 Å². The number of nitrogens with two attached hydrogens (primary N) is 1. The smallest absolute Gasteiger partial charge is 0.335 e. The van der Waals surface area contributed by atoms with E-state index >= 15 is 0 Å². The zero-order valence-corrected chi connectivity index (χ0v) is 13.2. The molecule has 0 radical (unpaired) electrons. The van der Waals surface area contributed by atoms with Crippen LogP contribution in [0.25, 0.3) is 0 Å². The summed E-state index contributed by atoms with van der Waals surface area (Å²) in [5.74, 6) is -2.25. The number of aryl methyl sites for hydroxylation is 1. The first-order valence-corrected chi connectivity index (χ1v) is 7.17. The fraction of sp³-hybridized carbons (Fsp3) is 0.222. The van der Waals surface area contributed by atoms with Crippen molar-refractivity contribution in [3.8, 4) is 0 Å². The molecule has 0 heterocycles. The number of hydrogen-bond donors (Lipinski definition) is 3. The van der Waals surface area contributed by atoms with E-state index in [0.717, 1.165) is 12.5 Å². The Balaban J connectivity index is 0.000000231. The Morgan fingerprint density at radius 3 is 1.87 bits per heavy atom. The molecule has 4 N–H and O–H groups in total. The standard InChI is InChI=1S/C10H15N.C8H6O4/c1-8-3-5-10(6-4-8)7-9(2)11;9-7(10)5-2-1-3-6(4-5)8(11)12/h3-6,9H,7,11H2,1-2H3;1-4H,(H,9,10)(H,11,12). The molecule has 0 aliphatic heterocycles. The van der Waals surface area contributed by atoms with Gasteiger partial charge in [0.2, 0.25) is 0 Å². The Morgan fingerprint density at radius 2 is 1.48 bits per heavy atom. The van der Waals surface area contributed by atoms with E-state index in [-0.39, 0.29) is 17.2 Å². The maximum atomic E-state index is 10.4. The molecular weight excluding hydrogens is 294 g/mol. The van der Waals surface area contributed by atoms with Crippen molar-refractivity contribution in [3.05, 3.63) is 70.8 Å². The van der Waals surface area contributed by atoms with E-state index in [9.17, 15) is 9.59 Å². The van der Waals surface area contributed by atoms with Crippen LogP contribution in [0.5, 0.6) is 0 Å². The van der Waals surface area contributed by atoms with Gasteiger partial charge in [-0.2, -0.15) is 0 Å². The maximum Gasteiger partial charge on any atom is 0.335 e. The average Bonchev–Trinajstić information content (AvgIpc) is 2.50. The van der Waals surface area contributed by atoms with E-state index in [2.05, 4.69) is 31.2 Å². The first-order valence-electron chi connectivity index (χ1n) is 7.17. The molecule has 5 nitrogen and oxygen atoms in total. The summed E-state index contributed by atoms with van der Waals surface area (Å²) in [5, 5.41) is 17.0.